The molecular formula is C28H31N3O5S2. The number of carbonyl (C=O) groups excluding carboxylic acids is 3. The quantitative estimate of drug-likeness (QED) is 0.481. The maximum atomic E-state index is 13.6. The van der Waals surface area contributed by atoms with Gasteiger partial charge in [0.15, 0.2) is 15.6 Å². The number of Topliss-reactive ketones (excluding diaryl/α,β-unsaturated/α-hetero) is 1. The van der Waals surface area contributed by atoms with Crippen LogP contribution < -0.4 is 15.5 Å². The molecule has 3 aromatic rings. The molecule has 5 rings (SSSR count). The molecular weight excluding hydrogens is 522 g/mol. The fraction of sp³-hybridized carbons (Fsp3) is 0.393. The lowest BCUT2D eigenvalue weighted by Crippen LogP contribution is -2.63. The molecule has 10 heteroatoms. The Morgan fingerprint density at radius 2 is 1.74 bits per heavy atom. The number of fused-ring (bicyclic) bond motifs is 1. The summed E-state index contributed by atoms with van der Waals surface area (Å²) < 4.78 is 25.5. The van der Waals surface area contributed by atoms with Crippen LogP contribution in [0.15, 0.2) is 59.5 Å². The molecule has 2 amide bonds. The van der Waals surface area contributed by atoms with E-state index < -0.39 is 21.4 Å². The van der Waals surface area contributed by atoms with Crippen molar-refractivity contribution in [2.75, 3.05) is 24.2 Å². The first kappa shape index (κ1) is 26.4. The number of carbonyl (C=O) groups is 3. The lowest BCUT2D eigenvalue weighted by molar-refractivity contribution is -0.133. The van der Waals surface area contributed by atoms with E-state index in [1.165, 1.54) is 17.4 Å². The summed E-state index contributed by atoms with van der Waals surface area (Å²) in [4.78, 5) is 42.5. The first-order valence-electron chi connectivity index (χ1n) is 12.9. The predicted octanol–water partition coefficient (Wildman–Crippen LogP) is 3.70. The Morgan fingerprint density at radius 1 is 1.03 bits per heavy atom. The summed E-state index contributed by atoms with van der Waals surface area (Å²) in [5, 5.41) is 6.96. The molecule has 2 aromatic carbocycles. The van der Waals surface area contributed by atoms with Gasteiger partial charge in [-0.1, -0.05) is 49.6 Å². The monoisotopic (exact) mass is 553 g/mol. The highest BCUT2D eigenvalue weighted by Gasteiger charge is 2.43. The van der Waals surface area contributed by atoms with Gasteiger partial charge in [0.05, 0.1) is 28.0 Å². The van der Waals surface area contributed by atoms with Crippen LogP contribution >= 0.6 is 11.3 Å². The Balaban J connectivity index is 1.30. The van der Waals surface area contributed by atoms with Gasteiger partial charge in [0.2, 0.25) is 5.91 Å². The summed E-state index contributed by atoms with van der Waals surface area (Å²) in [7, 11) is -3.46. The normalized spacial score (nSPS) is 19.8. The lowest BCUT2D eigenvalue weighted by atomic mass is 9.80. The van der Waals surface area contributed by atoms with Crippen LogP contribution in [0.1, 0.15) is 48.2 Å². The van der Waals surface area contributed by atoms with E-state index in [4.69, 9.17) is 0 Å². The Bertz CT molecular complexity index is 1460. The van der Waals surface area contributed by atoms with Gasteiger partial charge in [-0.15, -0.1) is 11.3 Å². The summed E-state index contributed by atoms with van der Waals surface area (Å²) in [6, 6.07) is 15.6. The van der Waals surface area contributed by atoms with Crippen molar-refractivity contribution in [1.82, 2.24) is 10.6 Å². The molecule has 1 aromatic heterocycles. The highest BCUT2D eigenvalue weighted by atomic mass is 32.2. The van der Waals surface area contributed by atoms with Crippen LogP contribution in [0.2, 0.25) is 0 Å². The number of anilines is 1. The summed E-state index contributed by atoms with van der Waals surface area (Å²) in [6.45, 7) is 0.420. The minimum absolute atomic E-state index is 0.00137. The maximum Gasteiger partial charge on any atom is 0.262 e. The maximum absolute atomic E-state index is 13.6. The summed E-state index contributed by atoms with van der Waals surface area (Å²) >= 11 is 1.40. The molecule has 8 nitrogen and oxygen atoms in total. The fourth-order valence-electron chi connectivity index (χ4n) is 5.45. The van der Waals surface area contributed by atoms with E-state index >= 15 is 0 Å². The second kappa shape index (κ2) is 10.5. The molecule has 0 spiro atoms. The molecule has 1 aliphatic carbocycles. The van der Waals surface area contributed by atoms with Gasteiger partial charge in [-0.3, -0.25) is 14.4 Å². The first-order chi connectivity index (χ1) is 18.2. The van der Waals surface area contributed by atoms with Gasteiger partial charge in [0.1, 0.15) is 5.54 Å². The predicted molar refractivity (Wildman–Crippen MR) is 148 cm³/mol. The number of hydrogen-bond acceptors (Lipinski definition) is 7. The number of benzene rings is 2. The van der Waals surface area contributed by atoms with Gasteiger partial charge in [-0.2, -0.15) is 0 Å². The number of rotatable bonds is 6. The Kier molecular flexibility index (Phi) is 7.28. The van der Waals surface area contributed by atoms with Crippen LogP contribution in [0.4, 0.5) is 5.69 Å². The van der Waals surface area contributed by atoms with Gasteiger partial charge in [0.25, 0.3) is 5.91 Å². The van der Waals surface area contributed by atoms with Crippen LogP contribution in [0, 0.1) is 0 Å². The van der Waals surface area contributed by atoms with Crippen molar-refractivity contribution in [3.8, 4) is 0 Å². The molecule has 2 aliphatic rings. The number of sulfone groups is 1. The second-order valence-electron chi connectivity index (χ2n) is 10.2. The van der Waals surface area contributed by atoms with Crippen LogP contribution in [0.5, 0.6) is 0 Å². The third kappa shape index (κ3) is 5.33. The molecule has 1 saturated carbocycles. The summed E-state index contributed by atoms with van der Waals surface area (Å²) in [6.07, 6.45) is 5.16. The highest BCUT2D eigenvalue weighted by Crippen LogP contribution is 2.32. The number of nitrogens with one attached hydrogen (secondary N) is 2. The second-order valence-corrected chi connectivity index (χ2v) is 13.3. The van der Waals surface area contributed by atoms with E-state index in [0.717, 1.165) is 35.6 Å². The standard InChI is InChI=1S/C28H31N3O5S2/c1-38(35,36)25-12-6-4-10-21(25)31-16-13-20(22(32)18-31)29-27(34)28(14-7-2-8-15-28)30-26(33)24-17-19-9-3-5-11-23(19)37-24/h3-6,9-12,17,20H,2,7-8,13-16,18H2,1H3,(H,29,34)(H,30,33). The van der Waals surface area contributed by atoms with Crippen LogP contribution in [0.3, 0.4) is 0 Å². The number of hydrogen-bond donors (Lipinski definition) is 2. The average Bonchev–Trinajstić information content (AvgIpc) is 3.34. The lowest BCUT2D eigenvalue weighted by Gasteiger charge is -2.39. The molecule has 1 aliphatic heterocycles. The summed E-state index contributed by atoms with van der Waals surface area (Å²) in [5.41, 5.74) is -0.571. The van der Waals surface area contributed by atoms with Gasteiger partial charge in [0, 0.05) is 17.5 Å². The Hall–Kier alpha value is -3.24. The van der Waals surface area contributed by atoms with Crippen molar-refractivity contribution < 1.29 is 22.8 Å². The Morgan fingerprint density at radius 3 is 2.45 bits per heavy atom. The van der Waals surface area contributed by atoms with Crippen molar-refractivity contribution in [3.63, 3.8) is 0 Å². The highest BCUT2D eigenvalue weighted by molar-refractivity contribution is 7.90. The smallest absolute Gasteiger partial charge is 0.262 e. The van der Waals surface area contributed by atoms with Crippen molar-refractivity contribution in [2.45, 2.75) is 55.0 Å². The minimum atomic E-state index is -3.46. The number of nitrogens with zero attached hydrogens (tertiary/aromatic N) is 1. The summed E-state index contributed by atoms with van der Waals surface area (Å²) in [5.74, 6) is -0.786. The topological polar surface area (TPSA) is 113 Å². The molecule has 1 saturated heterocycles. The van der Waals surface area contributed by atoms with E-state index in [1.807, 2.05) is 30.3 Å². The zero-order valence-electron chi connectivity index (χ0n) is 21.2. The van der Waals surface area contributed by atoms with Gasteiger partial charge in [-0.25, -0.2) is 8.42 Å². The third-order valence-electron chi connectivity index (χ3n) is 7.48. The van der Waals surface area contributed by atoms with Crippen LogP contribution in [-0.2, 0) is 19.4 Å². The molecule has 0 bridgehead atoms. The van der Waals surface area contributed by atoms with Crippen LogP contribution in [0.25, 0.3) is 10.1 Å². The largest absolute Gasteiger partial charge is 0.363 e. The van der Waals surface area contributed by atoms with Crippen LogP contribution in [-0.4, -0.2) is 56.9 Å². The van der Waals surface area contributed by atoms with E-state index in [-0.39, 0.29) is 29.0 Å². The number of para-hydroxylation sites is 1. The molecule has 1 atom stereocenters. The molecule has 200 valence electrons. The Labute approximate surface area is 226 Å². The molecule has 0 radical (unpaired) electrons. The number of ketones is 1. The minimum Gasteiger partial charge on any atom is -0.363 e. The van der Waals surface area contributed by atoms with Gasteiger partial charge < -0.3 is 15.5 Å². The third-order valence-corrected chi connectivity index (χ3v) is 9.74. The van der Waals surface area contributed by atoms with E-state index in [0.29, 0.717) is 36.4 Å². The van der Waals surface area contributed by atoms with Gasteiger partial charge >= 0.3 is 0 Å². The molecule has 2 fully saturated rings. The van der Waals surface area contributed by atoms with E-state index in [1.54, 1.807) is 23.1 Å². The molecule has 38 heavy (non-hydrogen) atoms. The van der Waals surface area contributed by atoms with Gasteiger partial charge in [-0.05, 0) is 48.9 Å². The van der Waals surface area contributed by atoms with Crippen molar-refractivity contribution in [2.24, 2.45) is 0 Å². The number of thiophene rings is 1. The van der Waals surface area contributed by atoms with E-state index in [2.05, 4.69) is 10.6 Å². The zero-order chi connectivity index (χ0) is 26.9. The average molecular weight is 554 g/mol. The zero-order valence-corrected chi connectivity index (χ0v) is 22.9. The number of piperidine rings is 1. The fourth-order valence-corrected chi connectivity index (χ4v) is 7.31. The van der Waals surface area contributed by atoms with Crippen molar-refractivity contribution in [3.05, 3.63) is 59.5 Å². The van der Waals surface area contributed by atoms with Crippen molar-refractivity contribution in [1.29, 1.82) is 0 Å². The number of amides is 2. The molecule has 2 heterocycles. The SMILES string of the molecule is CS(=O)(=O)c1ccccc1N1CCC(NC(=O)C2(NC(=O)c3cc4ccccc4s3)CCCCC2)C(=O)C1. The van der Waals surface area contributed by atoms with E-state index in [9.17, 15) is 22.8 Å². The van der Waals surface area contributed by atoms with Crippen molar-refractivity contribution >= 4 is 54.5 Å². The molecule has 1 unspecified atom stereocenters. The first-order valence-corrected chi connectivity index (χ1v) is 15.6. The molecule has 2 N–H and O–H groups in total.